The molecule has 168 valence electrons. The molecule has 0 aliphatic carbocycles. The van der Waals surface area contributed by atoms with Gasteiger partial charge in [0.2, 0.25) is 0 Å². The van der Waals surface area contributed by atoms with Gasteiger partial charge in [-0.25, -0.2) is 0 Å². The first-order valence-electron chi connectivity index (χ1n) is 10.7. The number of ether oxygens (including phenoxy) is 2. The minimum Gasteiger partial charge on any atom is -0.618 e. The summed E-state index contributed by atoms with van der Waals surface area (Å²) in [5.41, 5.74) is 9.61. The number of nitrogens with zero attached hydrogens (tertiary/aromatic N) is 1. The molecule has 2 aromatic carbocycles. The van der Waals surface area contributed by atoms with Crippen molar-refractivity contribution in [3.05, 3.63) is 100 Å². The van der Waals surface area contributed by atoms with E-state index >= 15 is 0 Å². The fourth-order valence-corrected chi connectivity index (χ4v) is 4.89. The first-order valence-corrected chi connectivity index (χ1v) is 11.7. The summed E-state index contributed by atoms with van der Waals surface area (Å²) in [4.78, 5) is 0. The molecular formula is C25H28N2O4S. The molecular weight excluding hydrogens is 424 g/mol. The van der Waals surface area contributed by atoms with Crippen LogP contribution in [0.15, 0.2) is 78.0 Å². The standard InChI is InChI=1S/C25H28N2O4S/c1-17-22(16-32-23-4-2-3-13-27(23)29)30-25(21-11-5-18(14-26)6-12-21)31-24(17)20-9-7-19(15-28)8-10-20/h2-13,17,22,24-25,28H,14-16,26H2,1H3/t17-,22+,24+,25+/m0/s1. The molecule has 1 fully saturated rings. The summed E-state index contributed by atoms with van der Waals surface area (Å²) < 4.78 is 13.7. The summed E-state index contributed by atoms with van der Waals surface area (Å²) in [7, 11) is 0. The van der Waals surface area contributed by atoms with Crippen LogP contribution in [0, 0.1) is 11.1 Å². The molecule has 0 radical (unpaired) electrons. The van der Waals surface area contributed by atoms with Crippen LogP contribution in [0.5, 0.6) is 0 Å². The molecule has 0 amide bonds. The lowest BCUT2D eigenvalue weighted by Gasteiger charge is -2.41. The average molecular weight is 453 g/mol. The van der Waals surface area contributed by atoms with Crippen LogP contribution < -0.4 is 10.5 Å². The van der Waals surface area contributed by atoms with E-state index in [1.165, 1.54) is 18.0 Å². The molecule has 3 N–H and O–H groups in total. The SMILES string of the molecule is C[C@H]1[C@@H](CSc2cccc[n+]2[O-])O[C@@H](c2ccc(CN)cc2)O[C@H]1c1ccc(CO)cc1. The molecule has 1 aromatic heterocycles. The molecule has 1 aliphatic rings. The highest BCUT2D eigenvalue weighted by atomic mass is 32.2. The smallest absolute Gasteiger partial charge is 0.251 e. The Labute approximate surface area is 192 Å². The number of hydrogen-bond acceptors (Lipinski definition) is 6. The van der Waals surface area contributed by atoms with Gasteiger partial charge in [0.1, 0.15) is 0 Å². The van der Waals surface area contributed by atoms with Gasteiger partial charge < -0.3 is 25.5 Å². The third kappa shape index (κ3) is 5.14. The normalized spacial score (nSPS) is 23.2. The monoisotopic (exact) mass is 452 g/mol. The molecule has 1 aliphatic heterocycles. The van der Waals surface area contributed by atoms with Crippen LogP contribution in [-0.2, 0) is 22.6 Å². The quantitative estimate of drug-likeness (QED) is 0.321. The summed E-state index contributed by atoms with van der Waals surface area (Å²) in [5, 5.41) is 22.1. The van der Waals surface area contributed by atoms with E-state index in [0.29, 0.717) is 17.3 Å². The van der Waals surface area contributed by atoms with E-state index < -0.39 is 6.29 Å². The highest BCUT2D eigenvalue weighted by Crippen LogP contribution is 2.42. The zero-order chi connectivity index (χ0) is 22.5. The second-order valence-corrected chi connectivity index (χ2v) is 8.98. The van der Waals surface area contributed by atoms with Crippen LogP contribution in [0.2, 0.25) is 0 Å². The van der Waals surface area contributed by atoms with E-state index in [4.69, 9.17) is 15.2 Å². The number of thioether (sulfide) groups is 1. The van der Waals surface area contributed by atoms with E-state index in [1.807, 2.05) is 60.7 Å². The summed E-state index contributed by atoms with van der Waals surface area (Å²) in [5.74, 6) is 0.685. The van der Waals surface area contributed by atoms with Crippen molar-refractivity contribution in [2.45, 2.75) is 43.6 Å². The van der Waals surface area contributed by atoms with Crippen molar-refractivity contribution >= 4 is 11.8 Å². The summed E-state index contributed by atoms with van der Waals surface area (Å²) in [6.45, 7) is 2.60. The van der Waals surface area contributed by atoms with Gasteiger partial charge in [-0.1, -0.05) is 67.2 Å². The lowest BCUT2D eigenvalue weighted by molar-refractivity contribution is -0.645. The molecule has 0 bridgehead atoms. The first-order chi connectivity index (χ1) is 15.6. The van der Waals surface area contributed by atoms with Gasteiger partial charge in [-0.05, 0) is 22.8 Å². The lowest BCUT2D eigenvalue weighted by atomic mass is 9.91. The summed E-state index contributed by atoms with van der Waals surface area (Å²) in [6.07, 6.45) is 0.664. The Balaban J connectivity index is 1.59. The zero-order valence-electron chi connectivity index (χ0n) is 18.0. The Hall–Kier alpha value is -2.42. The number of rotatable bonds is 7. The Morgan fingerprint density at radius 2 is 1.66 bits per heavy atom. The molecule has 6 nitrogen and oxygen atoms in total. The molecule has 3 aromatic rings. The Morgan fingerprint density at radius 3 is 2.31 bits per heavy atom. The minimum atomic E-state index is -0.527. The third-order valence-corrected chi connectivity index (χ3v) is 6.90. The van der Waals surface area contributed by atoms with E-state index in [-0.39, 0.29) is 24.7 Å². The third-order valence-electron chi connectivity index (χ3n) is 5.80. The van der Waals surface area contributed by atoms with Crippen LogP contribution in [0.4, 0.5) is 0 Å². The first kappa shape index (κ1) is 22.8. The van der Waals surface area contributed by atoms with Crippen LogP contribution in [0.3, 0.4) is 0 Å². The molecule has 0 spiro atoms. The Kier molecular flexibility index (Phi) is 7.44. The van der Waals surface area contributed by atoms with E-state index in [9.17, 15) is 10.3 Å². The molecule has 4 atom stereocenters. The van der Waals surface area contributed by atoms with Gasteiger partial charge >= 0.3 is 0 Å². The van der Waals surface area contributed by atoms with Crippen molar-refractivity contribution in [2.24, 2.45) is 11.7 Å². The highest BCUT2D eigenvalue weighted by Gasteiger charge is 2.38. The summed E-state index contributed by atoms with van der Waals surface area (Å²) >= 11 is 1.48. The van der Waals surface area contributed by atoms with Crippen molar-refractivity contribution in [3.8, 4) is 0 Å². The lowest BCUT2D eigenvalue weighted by Crippen LogP contribution is -2.39. The second-order valence-electron chi connectivity index (χ2n) is 7.94. The van der Waals surface area contributed by atoms with Crippen molar-refractivity contribution < 1.29 is 19.3 Å². The Morgan fingerprint density at radius 1 is 0.969 bits per heavy atom. The fourth-order valence-electron chi connectivity index (χ4n) is 3.81. The van der Waals surface area contributed by atoms with Gasteiger partial charge in [-0.2, -0.15) is 4.73 Å². The van der Waals surface area contributed by atoms with E-state index in [0.717, 1.165) is 27.0 Å². The van der Waals surface area contributed by atoms with Crippen molar-refractivity contribution in [1.29, 1.82) is 0 Å². The predicted molar refractivity (Wildman–Crippen MR) is 123 cm³/mol. The number of aliphatic hydroxyl groups excluding tert-OH is 1. The maximum absolute atomic E-state index is 12.1. The van der Waals surface area contributed by atoms with Crippen LogP contribution in [0.1, 0.15) is 41.6 Å². The number of nitrogens with two attached hydrogens (primary N) is 1. The number of aromatic nitrogens is 1. The zero-order valence-corrected chi connectivity index (χ0v) is 18.8. The van der Waals surface area contributed by atoms with Crippen molar-refractivity contribution in [1.82, 2.24) is 0 Å². The molecule has 7 heteroatoms. The summed E-state index contributed by atoms with van der Waals surface area (Å²) in [6, 6.07) is 21.2. The van der Waals surface area contributed by atoms with Gasteiger partial charge in [0.05, 0.1) is 18.8 Å². The van der Waals surface area contributed by atoms with Crippen molar-refractivity contribution in [2.75, 3.05) is 5.75 Å². The van der Waals surface area contributed by atoms with E-state index in [2.05, 4.69) is 6.92 Å². The molecule has 0 unspecified atom stereocenters. The van der Waals surface area contributed by atoms with E-state index in [1.54, 1.807) is 6.07 Å². The molecule has 32 heavy (non-hydrogen) atoms. The van der Waals surface area contributed by atoms with Gasteiger partial charge in [0.15, 0.2) is 12.5 Å². The van der Waals surface area contributed by atoms with Crippen LogP contribution >= 0.6 is 11.8 Å². The topological polar surface area (TPSA) is 91.7 Å². The maximum atomic E-state index is 12.1. The largest absolute Gasteiger partial charge is 0.618 e. The number of benzene rings is 2. The minimum absolute atomic E-state index is 0.00607. The molecule has 1 saturated heterocycles. The fraction of sp³-hybridized carbons (Fsp3) is 0.320. The van der Waals surface area contributed by atoms with Crippen LogP contribution in [0.25, 0.3) is 0 Å². The van der Waals surface area contributed by atoms with Gasteiger partial charge in [0, 0.05) is 35.9 Å². The number of pyridine rings is 1. The maximum Gasteiger partial charge on any atom is 0.251 e. The highest BCUT2D eigenvalue weighted by molar-refractivity contribution is 7.99. The van der Waals surface area contributed by atoms with Gasteiger partial charge in [-0.15, -0.1) is 0 Å². The predicted octanol–water partition coefficient (Wildman–Crippen LogP) is 3.85. The Bertz CT molecular complexity index is 1010. The number of aliphatic hydroxyl groups is 1. The molecule has 4 rings (SSSR count). The average Bonchev–Trinajstić information content (AvgIpc) is 2.84. The number of hydrogen-bond donors (Lipinski definition) is 2. The second kappa shape index (κ2) is 10.5. The van der Waals surface area contributed by atoms with Gasteiger partial charge in [0.25, 0.3) is 5.03 Å². The van der Waals surface area contributed by atoms with Gasteiger partial charge in [-0.3, -0.25) is 0 Å². The van der Waals surface area contributed by atoms with Crippen molar-refractivity contribution in [3.63, 3.8) is 0 Å². The molecule has 0 saturated carbocycles. The van der Waals surface area contributed by atoms with Crippen LogP contribution in [-0.4, -0.2) is 17.0 Å². The molecule has 2 heterocycles.